The summed E-state index contributed by atoms with van der Waals surface area (Å²) in [6.07, 6.45) is 12.3. The van der Waals surface area contributed by atoms with Gasteiger partial charge in [0.1, 0.15) is 5.82 Å². The van der Waals surface area contributed by atoms with Crippen molar-refractivity contribution in [2.45, 2.75) is 70.4 Å². The first-order valence-electron chi connectivity index (χ1n) is 11.4. The van der Waals surface area contributed by atoms with E-state index in [9.17, 15) is 0 Å². The molecule has 2 aliphatic rings. The summed E-state index contributed by atoms with van der Waals surface area (Å²) in [7, 11) is 0. The highest BCUT2D eigenvalue weighted by Gasteiger charge is 2.27. The van der Waals surface area contributed by atoms with Crippen molar-refractivity contribution in [2.24, 2.45) is 4.99 Å². The molecule has 1 saturated carbocycles. The van der Waals surface area contributed by atoms with E-state index in [1.165, 1.54) is 51.5 Å². The lowest BCUT2D eigenvalue weighted by Crippen LogP contribution is -2.53. The molecule has 1 saturated heterocycles. The zero-order valence-corrected chi connectivity index (χ0v) is 17.7. The molecule has 0 radical (unpaired) electrons. The van der Waals surface area contributed by atoms with Gasteiger partial charge in [-0.1, -0.05) is 25.3 Å². The van der Waals surface area contributed by atoms with E-state index >= 15 is 0 Å². The molecule has 1 aliphatic heterocycles. The lowest BCUT2D eigenvalue weighted by molar-refractivity contribution is 0.115. The molecular weight excluding hydrogens is 362 g/mol. The maximum absolute atomic E-state index is 4.82. The molecule has 0 amide bonds. The first-order chi connectivity index (χ1) is 14.3. The predicted octanol–water partition coefficient (Wildman–Crippen LogP) is 2.62. The van der Waals surface area contributed by atoms with Crippen LogP contribution in [0.5, 0.6) is 0 Å². The second-order valence-electron chi connectivity index (χ2n) is 8.33. The maximum atomic E-state index is 4.82. The highest BCUT2D eigenvalue weighted by atomic mass is 15.3. The van der Waals surface area contributed by atoms with E-state index in [1.54, 1.807) is 0 Å². The fourth-order valence-electron chi connectivity index (χ4n) is 4.74. The summed E-state index contributed by atoms with van der Waals surface area (Å²) in [5, 5.41) is 15.7. The van der Waals surface area contributed by atoms with Crippen molar-refractivity contribution in [3.8, 4) is 0 Å². The van der Waals surface area contributed by atoms with Gasteiger partial charge in [0.05, 0.1) is 0 Å². The van der Waals surface area contributed by atoms with E-state index in [1.807, 2.05) is 28.8 Å². The van der Waals surface area contributed by atoms with Crippen LogP contribution < -0.4 is 10.6 Å². The number of nitrogens with one attached hydrogen (secondary N) is 2. The molecule has 2 aromatic heterocycles. The van der Waals surface area contributed by atoms with Crippen molar-refractivity contribution < 1.29 is 0 Å². The second-order valence-corrected chi connectivity index (χ2v) is 8.33. The number of aliphatic imine (C=N–C) groups is 1. The van der Waals surface area contributed by atoms with E-state index in [-0.39, 0.29) is 0 Å². The Labute approximate surface area is 174 Å². The number of fused-ring (bicyclic) bond motifs is 1. The molecule has 1 unspecified atom stereocenters. The zero-order valence-electron chi connectivity index (χ0n) is 17.7. The molecule has 2 N–H and O–H groups in total. The van der Waals surface area contributed by atoms with Gasteiger partial charge in [-0.15, -0.1) is 10.2 Å². The van der Waals surface area contributed by atoms with Crippen molar-refractivity contribution in [3.63, 3.8) is 0 Å². The van der Waals surface area contributed by atoms with E-state index in [0.717, 1.165) is 43.0 Å². The molecule has 29 heavy (non-hydrogen) atoms. The highest BCUT2D eigenvalue weighted by Crippen LogP contribution is 2.25. The number of nitrogens with zero attached hydrogens (tertiary/aromatic N) is 5. The summed E-state index contributed by atoms with van der Waals surface area (Å²) in [5.41, 5.74) is 0.890. The number of hydrogen-bond donors (Lipinski definition) is 2. The monoisotopic (exact) mass is 397 g/mol. The van der Waals surface area contributed by atoms with Crippen LogP contribution in [0.3, 0.4) is 0 Å². The van der Waals surface area contributed by atoms with Crippen molar-refractivity contribution in [1.29, 1.82) is 0 Å². The number of piperidine rings is 1. The molecule has 7 nitrogen and oxygen atoms in total. The van der Waals surface area contributed by atoms with Gasteiger partial charge in [0, 0.05) is 44.3 Å². The van der Waals surface area contributed by atoms with Crippen LogP contribution in [0.2, 0.25) is 0 Å². The van der Waals surface area contributed by atoms with Gasteiger partial charge in [0.25, 0.3) is 0 Å². The van der Waals surface area contributed by atoms with Crippen LogP contribution in [0, 0.1) is 0 Å². The van der Waals surface area contributed by atoms with Crippen LogP contribution in [0.4, 0.5) is 0 Å². The molecule has 7 heteroatoms. The van der Waals surface area contributed by atoms with Gasteiger partial charge < -0.3 is 10.6 Å². The molecular formula is C22H35N7. The molecule has 4 rings (SSSR count). The Morgan fingerprint density at radius 1 is 1.14 bits per heavy atom. The number of rotatable bonds is 6. The van der Waals surface area contributed by atoms with E-state index in [0.29, 0.717) is 12.6 Å². The standard InChI is InChI=1S/C22H35N7/c1-2-23-22(24-14-13-21-27-26-20-12-6-7-16-29(20)21)25-18-9-8-15-28(17-18)19-10-4-3-5-11-19/h6-7,12,16,18-19H,2-5,8-11,13-15,17H2,1H3,(H2,23,24,25). The Morgan fingerprint density at radius 2 is 2.03 bits per heavy atom. The number of guanidine groups is 1. The Bertz CT molecular complexity index is 793. The lowest BCUT2D eigenvalue weighted by atomic mass is 9.92. The fourth-order valence-corrected chi connectivity index (χ4v) is 4.74. The van der Waals surface area contributed by atoms with Gasteiger partial charge in [-0.05, 0) is 51.3 Å². The topological polar surface area (TPSA) is 69.8 Å². The maximum Gasteiger partial charge on any atom is 0.191 e. The third kappa shape index (κ3) is 5.26. The van der Waals surface area contributed by atoms with Gasteiger partial charge in [-0.3, -0.25) is 14.3 Å². The largest absolute Gasteiger partial charge is 0.357 e. The first kappa shape index (κ1) is 20.1. The van der Waals surface area contributed by atoms with Crippen LogP contribution >= 0.6 is 0 Å². The highest BCUT2D eigenvalue weighted by molar-refractivity contribution is 5.80. The Hall–Kier alpha value is -2.15. The van der Waals surface area contributed by atoms with Crippen molar-refractivity contribution in [3.05, 3.63) is 30.2 Å². The van der Waals surface area contributed by atoms with Crippen LogP contribution in [-0.4, -0.2) is 63.7 Å². The summed E-state index contributed by atoms with van der Waals surface area (Å²) in [4.78, 5) is 7.55. The quantitative estimate of drug-likeness (QED) is 0.579. The van der Waals surface area contributed by atoms with Gasteiger partial charge in [0.2, 0.25) is 0 Å². The molecule has 0 spiro atoms. The van der Waals surface area contributed by atoms with Crippen molar-refractivity contribution >= 4 is 11.6 Å². The van der Waals surface area contributed by atoms with Crippen molar-refractivity contribution in [1.82, 2.24) is 30.1 Å². The van der Waals surface area contributed by atoms with E-state index in [2.05, 4.69) is 32.7 Å². The summed E-state index contributed by atoms with van der Waals surface area (Å²) < 4.78 is 2.04. The summed E-state index contributed by atoms with van der Waals surface area (Å²) in [6, 6.07) is 7.26. The third-order valence-corrected chi connectivity index (χ3v) is 6.22. The summed E-state index contributed by atoms with van der Waals surface area (Å²) in [6.45, 7) is 6.10. The Balaban J connectivity index is 1.33. The average Bonchev–Trinajstić information content (AvgIpc) is 3.18. The number of likely N-dealkylation sites (tertiary alicyclic amines) is 1. The predicted molar refractivity (Wildman–Crippen MR) is 117 cm³/mol. The summed E-state index contributed by atoms with van der Waals surface area (Å²) >= 11 is 0. The molecule has 158 valence electrons. The van der Waals surface area contributed by atoms with E-state index < -0.39 is 0 Å². The normalized spacial score (nSPS) is 22.1. The third-order valence-electron chi connectivity index (χ3n) is 6.22. The molecule has 2 aromatic rings. The van der Waals surface area contributed by atoms with Gasteiger partial charge >= 0.3 is 0 Å². The Kier molecular flexibility index (Phi) is 6.98. The number of aromatic nitrogens is 3. The van der Waals surface area contributed by atoms with Gasteiger partial charge in [0.15, 0.2) is 11.6 Å². The lowest BCUT2D eigenvalue weighted by Gasteiger charge is -2.40. The molecule has 1 aliphatic carbocycles. The molecule has 2 fully saturated rings. The molecule has 3 heterocycles. The number of pyridine rings is 1. The average molecular weight is 398 g/mol. The molecule has 0 aromatic carbocycles. The number of hydrogen-bond acceptors (Lipinski definition) is 4. The van der Waals surface area contributed by atoms with Gasteiger partial charge in [-0.25, -0.2) is 0 Å². The zero-order chi connectivity index (χ0) is 19.9. The molecule has 1 atom stereocenters. The van der Waals surface area contributed by atoms with E-state index in [4.69, 9.17) is 4.99 Å². The molecule has 0 bridgehead atoms. The van der Waals surface area contributed by atoms with Crippen LogP contribution in [0.15, 0.2) is 29.4 Å². The fraction of sp³-hybridized carbons (Fsp3) is 0.682. The smallest absolute Gasteiger partial charge is 0.191 e. The van der Waals surface area contributed by atoms with Crippen LogP contribution in [0.25, 0.3) is 5.65 Å². The van der Waals surface area contributed by atoms with Crippen LogP contribution in [0.1, 0.15) is 57.7 Å². The second kappa shape index (κ2) is 10.1. The minimum atomic E-state index is 0.484. The summed E-state index contributed by atoms with van der Waals surface area (Å²) in [5.74, 6) is 1.89. The first-order valence-corrected chi connectivity index (χ1v) is 11.4. The Morgan fingerprint density at radius 3 is 2.90 bits per heavy atom. The SMILES string of the molecule is CCNC(=NCCc1nnc2ccccn12)NC1CCCN(C2CCCCC2)C1. The van der Waals surface area contributed by atoms with Gasteiger partial charge in [-0.2, -0.15) is 0 Å². The van der Waals surface area contributed by atoms with Crippen molar-refractivity contribution in [2.75, 3.05) is 26.2 Å². The minimum Gasteiger partial charge on any atom is -0.357 e. The minimum absolute atomic E-state index is 0.484. The van der Waals surface area contributed by atoms with Crippen LogP contribution in [-0.2, 0) is 6.42 Å².